The van der Waals surface area contributed by atoms with Crippen molar-refractivity contribution in [3.8, 4) is 5.75 Å². The number of rotatable bonds is 8. The molecule has 0 fully saturated rings. The third kappa shape index (κ3) is 5.95. The molecule has 3 aromatic carbocycles. The molecular weight excluding hydrogens is 388 g/mol. The predicted molar refractivity (Wildman–Crippen MR) is 124 cm³/mol. The van der Waals surface area contributed by atoms with Crippen molar-refractivity contribution in [3.05, 3.63) is 95.6 Å². The van der Waals surface area contributed by atoms with Crippen LogP contribution in [-0.2, 0) is 0 Å². The molecule has 2 atom stereocenters. The van der Waals surface area contributed by atoms with Crippen molar-refractivity contribution in [1.82, 2.24) is 5.32 Å². The Morgan fingerprint density at radius 3 is 2.16 bits per heavy atom. The van der Waals surface area contributed by atoms with E-state index in [2.05, 4.69) is 17.6 Å². The van der Waals surface area contributed by atoms with Crippen LogP contribution >= 0.6 is 0 Å². The molecule has 0 spiro atoms. The smallest absolute Gasteiger partial charge is 0.255 e. The van der Waals surface area contributed by atoms with Crippen molar-refractivity contribution >= 4 is 17.5 Å². The van der Waals surface area contributed by atoms with Crippen LogP contribution in [0.25, 0.3) is 0 Å². The van der Waals surface area contributed by atoms with Crippen LogP contribution in [-0.4, -0.2) is 17.9 Å². The van der Waals surface area contributed by atoms with Gasteiger partial charge in [-0.25, -0.2) is 0 Å². The summed E-state index contributed by atoms with van der Waals surface area (Å²) in [5, 5.41) is 5.84. The number of amides is 2. The van der Waals surface area contributed by atoms with Gasteiger partial charge in [0.2, 0.25) is 0 Å². The van der Waals surface area contributed by atoms with Crippen LogP contribution in [0.15, 0.2) is 78.9 Å². The summed E-state index contributed by atoms with van der Waals surface area (Å²) >= 11 is 0. The van der Waals surface area contributed by atoms with Crippen LogP contribution in [0.5, 0.6) is 5.75 Å². The van der Waals surface area contributed by atoms with Gasteiger partial charge in [-0.1, -0.05) is 49.4 Å². The number of carbonyl (C=O) groups is 2. The van der Waals surface area contributed by atoms with E-state index >= 15 is 0 Å². The molecule has 0 bridgehead atoms. The van der Waals surface area contributed by atoms with E-state index in [0.29, 0.717) is 16.8 Å². The van der Waals surface area contributed by atoms with E-state index in [1.165, 1.54) is 0 Å². The van der Waals surface area contributed by atoms with Gasteiger partial charge in [0.15, 0.2) is 0 Å². The highest BCUT2D eigenvalue weighted by Gasteiger charge is 2.16. The minimum Gasteiger partial charge on any atom is -0.491 e. The molecule has 0 heterocycles. The van der Waals surface area contributed by atoms with Crippen LogP contribution in [0.3, 0.4) is 0 Å². The van der Waals surface area contributed by atoms with Crippen molar-refractivity contribution in [2.45, 2.75) is 39.3 Å². The zero-order valence-electron chi connectivity index (χ0n) is 18.1. The summed E-state index contributed by atoms with van der Waals surface area (Å²) < 4.78 is 5.76. The van der Waals surface area contributed by atoms with Gasteiger partial charge in [-0.2, -0.15) is 0 Å². The first-order valence-electron chi connectivity index (χ1n) is 10.5. The molecule has 0 aliphatic rings. The monoisotopic (exact) mass is 416 g/mol. The van der Waals surface area contributed by atoms with Gasteiger partial charge in [0, 0.05) is 5.56 Å². The van der Waals surface area contributed by atoms with Crippen molar-refractivity contribution in [1.29, 1.82) is 0 Å². The summed E-state index contributed by atoms with van der Waals surface area (Å²) in [6, 6.07) is 23.6. The lowest BCUT2D eigenvalue weighted by molar-refractivity contribution is 0.0940. The molecule has 0 radical (unpaired) electrons. The first kappa shape index (κ1) is 22.1. The Labute approximate surface area is 183 Å². The average molecular weight is 417 g/mol. The zero-order valence-corrected chi connectivity index (χ0v) is 18.1. The minimum atomic E-state index is -0.286. The van der Waals surface area contributed by atoms with E-state index in [0.717, 1.165) is 17.7 Å². The van der Waals surface area contributed by atoms with Gasteiger partial charge in [0.1, 0.15) is 5.75 Å². The quantitative estimate of drug-likeness (QED) is 0.502. The summed E-state index contributed by atoms with van der Waals surface area (Å²) in [5.74, 6) is 0.191. The minimum absolute atomic E-state index is 0.114. The lowest BCUT2D eigenvalue weighted by atomic mass is 10.1. The molecule has 2 N–H and O–H groups in total. The molecule has 160 valence electrons. The summed E-state index contributed by atoms with van der Waals surface area (Å²) in [6.07, 6.45) is 1.02. The molecule has 3 rings (SSSR count). The van der Waals surface area contributed by atoms with Crippen molar-refractivity contribution in [2.75, 3.05) is 5.32 Å². The first-order valence-corrected chi connectivity index (χ1v) is 10.5. The molecule has 0 saturated carbocycles. The summed E-state index contributed by atoms with van der Waals surface area (Å²) in [6.45, 7) is 5.99. The average Bonchev–Trinajstić information content (AvgIpc) is 2.80. The number of hydrogen-bond donors (Lipinski definition) is 2. The van der Waals surface area contributed by atoms with Crippen LogP contribution in [0.4, 0.5) is 5.69 Å². The van der Waals surface area contributed by atoms with Crippen molar-refractivity contribution in [2.24, 2.45) is 0 Å². The molecule has 2 unspecified atom stereocenters. The van der Waals surface area contributed by atoms with Gasteiger partial charge in [0.05, 0.1) is 23.4 Å². The lowest BCUT2D eigenvalue weighted by Crippen LogP contribution is -2.28. The molecule has 0 aliphatic carbocycles. The second kappa shape index (κ2) is 10.4. The van der Waals surface area contributed by atoms with Gasteiger partial charge in [-0.3, -0.25) is 9.59 Å². The fourth-order valence-corrected chi connectivity index (χ4v) is 3.08. The second-order valence-electron chi connectivity index (χ2n) is 7.47. The summed E-state index contributed by atoms with van der Waals surface area (Å²) in [7, 11) is 0. The van der Waals surface area contributed by atoms with Crippen LogP contribution in [0.2, 0.25) is 0 Å². The molecule has 0 aromatic heterocycles. The van der Waals surface area contributed by atoms with Crippen LogP contribution < -0.4 is 15.4 Å². The number of benzene rings is 3. The molecule has 2 amide bonds. The standard InChI is InChI=1S/C26H28N2O3/c1-4-18(2)31-22-16-14-21(15-17-22)25(29)28-24-13-9-8-12-23(24)26(30)27-19(3)20-10-6-5-7-11-20/h5-19H,4H2,1-3H3,(H,27,30)(H,28,29). The maximum atomic E-state index is 12.9. The zero-order chi connectivity index (χ0) is 22.2. The van der Waals surface area contributed by atoms with E-state index in [4.69, 9.17) is 4.74 Å². The second-order valence-corrected chi connectivity index (χ2v) is 7.47. The Kier molecular flexibility index (Phi) is 7.44. The fourth-order valence-electron chi connectivity index (χ4n) is 3.08. The highest BCUT2D eigenvalue weighted by atomic mass is 16.5. The highest BCUT2D eigenvalue weighted by molar-refractivity contribution is 6.09. The first-order chi connectivity index (χ1) is 15.0. The van der Waals surface area contributed by atoms with Gasteiger partial charge in [0.25, 0.3) is 11.8 Å². The number of anilines is 1. The summed E-state index contributed by atoms with van der Waals surface area (Å²) in [4.78, 5) is 25.6. The molecule has 0 saturated heterocycles. The van der Waals surface area contributed by atoms with E-state index in [-0.39, 0.29) is 24.0 Å². The van der Waals surface area contributed by atoms with Gasteiger partial charge in [-0.15, -0.1) is 0 Å². The van der Waals surface area contributed by atoms with Gasteiger partial charge < -0.3 is 15.4 Å². The number of para-hydroxylation sites is 1. The van der Waals surface area contributed by atoms with E-state index in [1.807, 2.05) is 44.2 Å². The molecule has 5 heteroatoms. The highest BCUT2D eigenvalue weighted by Crippen LogP contribution is 2.20. The molecule has 3 aromatic rings. The Morgan fingerprint density at radius 1 is 0.839 bits per heavy atom. The molecule has 0 aliphatic heterocycles. The van der Waals surface area contributed by atoms with Gasteiger partial charge in [-0.05, 0) is 62.2 Å². The van der Waals surface area contributed by atoms with Crippen LogP contribution in [0, 0.1) is 0 Å². The van der Waals surface area contributed by atoms with Crippen molar-refractivity contribution < 1.29 is 14.3 Å². The molecule has 5 nitrogen and oxygen atoms in total. The number of ether oxygens (including phenoxy) is 1. The van der Waals surface area contributed by atoms with Crippen molar-refractivity contribution in [3.63, 3.8) is 0 Å². The van der Waals surface area contributed by atoms with E-state index in [9.17, 15) is 9.59 Å². The topological polar surface area (TPSA) is 67.4 Å². The third-order valence-electron chi connectivity index (χ3n) is 5.10. The molecule has 31 heavy (non-hydrogen) atoms. The normalized spacial score (nSPS) is 12.5. The SMILES string of the molecule is CCC(C)Oc1ccc(C(=O)Nc2ccccc2C(=O)NC(C)c2ccccc2)cc1. The maximum absolute atomic E-state index is 12.9. The predicted octanol–water partition coefficient (Wildman–Crippen LogP) is 5.61. The number of carbonyl (C=O) groups excluding carboxylic acids is 2. The summed E-state index contributed by atoms with van der Waals surface area (Å²) in [5.41, 5.74) is 2.38. The van der Waals surface area contributed by atoms with Crippen LogP contribution in [0.1, 0.15) is 59.5 Å². The fraction of sp³-hybridized carbons (Fsp3) is 0.231. The Bertz CT molecular complexity index is 1020. The largest absolute Gasteiger partial charge is 0.491 e. The van der Waals surface area contributed by atoms with Gasteiger partial charge >= 0.3 is 0 Å². The Hall–Kier alpha value is -3.60. The Balaban J connectivity index is 1.70. The van der Waals surface area contributed by atoms with E-state index in [1.54, 1.807) is 48.5 Å². The number of hydrogen-bond acceptors (Lipinski definition) is 3. The Morgan fingerprint density at radius 2 is 1.48 bits per heavy atom. The molecular formula is C26H28N2O3. The maximum Gasteiger partial charge on any atom is 0.255 e. The number of nitrogens with one attached hydrogen (secondary N) is 2. The third-order valence-corrected chi connectivity index (χ3v) is 5.10. The van der Waals surface area contributed by atoms with E-state index < -0.39 is 0 Å². The lowest BCUT2D eigenvalue weighted by Gasteiger charge is -2.16.